The molecular formula is C15H19N3O5S. The van der Waals surface area contributed by atoms with Crippen molar-refractivity contribution in [3.05, 3.63) is 29.8 Å². The molecule has 1 heterocycles. The van der Waals surface area contributed by atoms with Crippen molar-refractivity contribution < 1.29 is 23.1 Å². The maximum absolute atomic E-state index is 12.2. The number of sulfonamides is 1. The maximum atomic E-state index is 12.2. The van der Waals surface area contributed by atoms with Gasteiger partial charge in [-0.2, -0.15) is 0 Å². The summed E-state index contributed by atoms with van der Waals surface area (Å²) < 4.78 is 26.3. The fourth-order valence-electron chi connectivity index (χ4n) is 2.27. The third-order valence-electron chi connectivity index (χ3n) is 3.60. The maximum Gasteiger partial charge on any atom is 0.326 e. The van der Waals surface area contributed by atoms with Crippen LogP contribution in [0.4, 0.5) is 0 Å². The minimum Gasteiger partial charge on any atom is -0.480 e. The van der Waals surface area contributed by atoms with Gasteiger partial charge in [0.2, 0.25) is 5.91 Å². The van der Waals surface area contributed by atoms with E-state index in [-0.39, 0.29) is 16.6 Å². The number of carbonyl (C=O) groups excluding carboxylic acids is 1. The van der Waals surface area contributed by atoms with E-state index < -0.39 is 34.0 Å². The monoisotopic (exact) mass is 353 g/mol. The van der Waals surface area contributed by atoms with Crippen LogP contribution >= 0.6 is 0 Å². The first-order valence-corrected chi connectivity index (χ1v) is 8.85. The number of rotatable bonds is 5. The molecule has 0 fully saturated rings. The molecule has 0 aliphatic carbocycles. The molecule has 0 spiro atoms. The highest BCUT2D eigenvalue weighted by Crippen LogP contribution is 2.22. The number of carboxylic acids is 1. The quantitative estimate of drug-likeness (QED) is 0.704. The van der Waals surface area contributed by atoms with Gasteiger partial charge >= 0.3 is 5.97 Å². The average molecular weight is 353 g/mol. The molecule has 1 aliphatic heterocycles. The second-order valence-corrected chi connectivity index (χ2v) is 7.47. The lowest BCUT2D eigenvalue weighted by Crippen LogP contribution is -2.47. The van der Waals surface area contributed by atoms with Gasteiger partial charge in [-0.3, -0.25) is 14.5 Å². The Morgan fingerprint density at radius 1 is 1.21 bits per heavy atom. The number of hydrogen-bond donors (Lipinski definition) is 3. The van der Waals surface area contributed by atoms with Gasteiger partial charge in [-0.25, -0.2) is 13.2 Å². The second kappa shape index (κ2) is 6.60. The molecule has 0 aromatic heterocycles. The first-order chi connectivity index (χ1) is 11.1. The predicted octanol–water partition coefficient (Wildman–Crippen LogP) is 0.339. The molecule has 1 amide bonds. The Balaban J connectivity index is 2.23. The van der Waals surface area contributed by atoms with Crippen molar-refractivity contribution in [2.75, 3.05) is 0 Å². The number of amides is 1. The van der Waals surface area contributed by atoms with E-state index in [0.29, 0.717) is 5.56 Å². The van der Waals surface area contributed by atoms with Crippen molar-refractivity contribution in [1.82, 2.24) is 10.0 Å². The van der Waals surface area contributed by atoms with E-state index in [4.69, 9.17) is 5.11 Å². The van der Waals surface area contributed by atoms with Gasteiger partial charge in [0.15, 0.2) is 0 Å². The molecule has 0 radical (unpaired) electrons. The summed E-state index contributed by atoms with van der Waals surface area (Å²) in [6, 6.07) is 4.31. The standard InChI is InChI=1S/C15H19N3O5S/c1-8(2)12(15(20)21)17-14(19)9(3)16-13-10-6-4-5-7-11(10)24(22,23)18-13/h4-9,12H,1-3H3,(H,16,18)(H,17,19)(H,20,21)/t9?,12-/m1/s1. The molecule has 8 nitrogen and oxygen atoms in total. The van der Waals surface area contributed by atoms with Crippen LogP contribution in [0.15, 0.2) is 34.2 Å². The Morgan fingerprint density at radius 3 is 2.42 bits per heavy atom. The lowest BCUT2D eigenvalue weighted by Gasteiger charge is -2.19. The van der Waals surface area contributed by atoms with Crippen LogP contribution in [0.2, 0.25) is 0 Å². The van der Waals surface area contributed by atoms with Gasteiger partial charge in [-0.05, 0) is 25.0 Å². The fourth-order valence-corrected chi connectivity index (χ4v) is 3.51. The number of amidine groups is 1. The second-order valence-electron chi connectivity index (χ2n) is 5.82. The molecule has 9 heteroatoms. The summed E-state index contributed by atoms with van der Waals surface area (Å²) >= 11 is 0. The van der Waals surface area contributed by atoms with Crippen LogP contribution in [0.3, 0.4) is 0 Å². The van der Waals surface area contributed by atoms with Crippen LogP contribution in [0, 0.1) is 5.92 Å². The summed E-state index contributed by atoms with van der Waals surface area (Å²) in [4.78, 5) is 27.5. The molecule has 1 aromatic carbocycles. The summed E-state index contributed by atoms with van der Waals surface area (Å²) in [5, 5.41) is 11.5. The number of nitrogens with zero attached hydrogens (tertiary/aromatic N) is 1. The zero-order valence-corrected chi connectivity index (χ0v) is 14.3. The Hall–Kier alpha value is -2.42. The third kappa shape index (κ3) is 3.56. The van der Waals surface area contributed by atoms with E-state index in [1.54, 1.807) is 32.0 Å². The first kappa shape index (κ1) is 17.9. The summed E-state index contributed by atoms with van der Waals surface area (Å²) in [5.74, 6) is -1.95. The van der Waals surface area contributed by atoms with Crippen molar-refractivity contribution in [3.63, 3.8) is 0 Å². The van der Waals surface area contributed by atoms with Crippen molar-refractivity contribution in [1.29, 1.82) is 0 Å². The van der Waals surface area contributed by atoms with E-state index in [9.17, 15) is 18.0 Å². The number of fused-ring (bicyclic) bond motifs is 1. The van der Waals surface area contributed by atoms with E-state index in [1.807, 2.05) is 0 Å². The molecule has 0 saturated heterocycles. The van der Waals surface area contributed by atoms with Gasteiger partial charge in [-0.1, -0.05) is 26.0 Å². The molecule has 1 aromatic rings. The Morgan fingerprint density at radius 2 is 1.83 bits per heavy atom. The van der Waals surface area contributed by atoms with Gasteiger partial charge in [0.05, 0.1) is 4.90 Å². The van der Waals surface area contributed by atoms with Gasteiger partial charge in [0.1, 0.15) is 17.9 Å². The van der Waals surface area contributed by atoms with E-state index >= 15 is 0 Å². The van der Waals surface area contributed by atoms with Crippen molar-refractivity contribution in [2.45, 2.75) is 37.8 Å². The van der Waals surface area contributed by atoms with Crippen LogP contribution in [0.25, 0.3) is 0 Å². The Labute approximate surface area is 140 Å². The smallest absolute Gasteiger partial charge is 0.326 e. The number of aliphatic carboxylic acids is 1. The number of benzene rings is 1. The predicted molar refractivity (Wildman–Crippen MR) is 87.2 cm³/mol. The van der Waals surface area contributed by atoms with Crippen LogP contribution in [0.1, 0.15) is 26.3 Å². The minimum absolute atomic E-state index is 0.0738. The first-order valence-electron chi connectivity index (χ1n) is 7.36. The molecule has 0 saturated carbocycles. The topological polar surface area (TPSA) is 125 Å². The highest BCUT2D eigenvalue weighted by Gasteiger charge is 2.32. The number of nitrogens with one attached hydrogen (secondary N) is 2. The fraction of sp³-hybridized carbons (Fsp3) is 0.400. The van der Waals surface area contributed by atoms with Crippen molar-refractivity contribution in [2.24, 2.45) is 10.9 Å². The highest BCUT2D eigenvalue weighted by atomic mass is 32.2. The van der Waals surface area contributed by atoms with Crippen molar-refractivity contribution in [3.8, 4) is 0 Å². The molecule has 24 heavy (non-hydrogen) atoms. The summed E-state index contributed by atoms with van der Waals surface area (Å²) in [5.41, 5.74) is 0.385. The lowest BCUT2D eigenvalue weighted by molar-refractivity contribution is -0.143. The van der Waals surface area contributed by atoms with E-state index in [1.165, 1.54) is 13.0 Å². The van der Waals surface area contributed by atoms with Gasteiger partial charge < -0.3 is 10.4 Å². The van der Waals surface area contributed by atoms with Gasteiger partial charge in [-0.15, -0.1) is 0 Å². The van der Waals surface area contributed by atoms with Crippen molar-refractivity contribution >= 4 is 27.7 Å². The summed E-state index contributed by atoms with van der Waals surface area (Å²) in [6.07, 6.45) is 0. The molecular weight excluding hydrogens is 334 g/mol. The van der Waals surface area contributed by atoms with Crippen LogP contribution in [-0.2, 0) is 19.6 Å². The van der Waals surface area contributed by atoms with Crippen LogP contribution < -0.4 is 10.0 Å². The van der Waals surface area contributed by atoms with Gasteiger partial charge in [0, 0.05) is 5.56 Å². The molecule has 1 unspecified atom stereocenters. The zero-order valence-electron chi connectivity index (χ0n) is 13.5. The Kier molecular flexibility index (Phi) is 4.93. The van der Waals surface area contributed by atoms with Gasteiger partial charge in [0.25, 0.3) is 10.0 Å². The molecule has 0 bridgehead atoms. The van der Waals surface area contributed by atoms with E-state index in [2.05, 4.69) is 15.0 Å². The summed E-state index contributed by atoms with van der Waals surface area (Å²) in [7, 11) is -3.68. The summed E-state index contributed by atoms with van der Waals surface area (Å²) in [6.45, 7) is 4.82. The lowest BCUT2D eigenvalue weighted by atomic mass is 10.0. The SMILES string of the molecule is CC(N=C1NS(=O)(=O)c2ccccc21)C(=O)N[C@@H](C(=O)O)C(C)C. The molecule has 130 valence electrons. The van der Waals surface area contributed by atoms with Crippen LogP contribution in [-0.4, -0.2) is 43.3 Å². The number of carbonyl (C=O) groups is 2. The number of carboxylic acid groups (broad SMARTS) is 1. The van der Waals surface area contributed by atoms with E-state index in [0.717, 1.165) is 0 Å². The van der Waals surface area contributed by atoms with Crippen LogP contribution in [0.5, 0.6) is 0 Å². The zero-order chi connectivity index (χ0) is 18.1. The number of aliphatic imine (C=N–C) groups is 1. The normalized spacial score (nSPS) is 19.4. The molecule has 1 aliphatic rings. The molecule has 2 rings (SSSR count). The third-order valence-corrected chi connectivity index (χ3v) is 4.99. The average Bonchev–Trinajstić information content (AvgIpc) is 2.75. The number of hydrogen-bond acceptors (Lipinski definition) is 5. The largest absolute Gasteiger partial charge is 0.480 e. The minimum atomic E-state index is -3.68. The highest BCUT2D eigenvalue weighted by molar-refractivity contribution is 7.90. The Bertz CT molecular complexity index is 801. The molecule has 2 atom stereocenters. The molecule has 3 N–H and O–H groups in total.